The van der Waals surface area contributed by atoms with Gasteiger partial charge in [-0.3, -0.25) is 9.79 Å². The standard InChI is InChI=1S/C18H20F2N4O/c1-12-8-13(6-7-16(12)20)10-22-18(21-2)23-11-17(25)24-15-5-3-4-14(19)9-15/h3-9H,10-11H2,1-2H3,(H,24,25)(H2,21,22,23). The molecule has 0 atom stereocenters. The van der Waals surface area contributed by atoms with Crippen LogP contribution in [0.5, 0.6) is 0 Å². The summed E-state index contributed by atoms with van der Waals surface area (Å²) in [5.41, 5.74) is 1.85. The second kappa shape index (κ2) is 8.77. The molecule has 3 N–H and O–H groups in total. The van der Waals surface area contributed by atoms with Gasteiger partial charge in [0.05, 0.1) is 6.54 Å². The monoisotopic (exact) mass is 346 g/mol. The van der Waals surface area contributed by atoms with Crippen LogP contribution in [-0.2, 0) is 11.3 Å². The number of amides is 1. The molecule has 0 bridgehead atoms. The SMILES string of the molecule is CN=C(NCC(=O)Nc1cccc(F)c1)NCc1ccc(F)c(C)c1. The highest BCUT2D eigenvalue weighted by Gasteiger charge is 2.06. The van der Waals surface area contributed by atoms with Crippen LogP contribution in [0.25, 0.3) is 0 Å². The van der Waals surface area contributed by atoms with E-state index in [9.17, 15) is 13.6 Å². The van der Waals surface area contributed by atoms with Gasteiger partial charge in [0.2, 0.25) is 5.91 Å². The van der Waals surface area contributed by atoms with Gasteiger partial charge in [0.1, 0.15) is 11.6 Å². The molecule has 0 saturated heterocycles. The third-order valence-corrected chi connectivity index (χ3v) is 3.43. The topological polar surface area (TPSA) is 65.5 Å². The van der Waals surface area contributed by atoms with Crippen LogP contribution in [0, 0.1) is 18.6 Å². The fourth-order valence-corrected chi connectivity index (χ4v) is 2.16. The summed E-state index contributed by atoms with van der Waals surface area (Å²) in [5, 5.41) is 8.48. The van der Waals surface area contributed by atoms with Gasteiger partial charge in [-0.1, -0.05) is 18.2 Å². The van der Waals surface area contributed by atoms with E-state index in [-0.39, 0.29) is 18.3 Å². The average molecular weight is 346 g/mol. The fourth-order valence-electron chi connectivity index (χ4n) is 2.16. The molecule has 25 heavy (non-hydrogen) atoms. The lowest BCUT2D eigenvalue weighted by atomic mass is 10.1. The summed E-state index contributed by atoms with van der Waals surface area (Å²) < 4.78 is 26.3. The van der Waals surface area contributed by atoms with Crippen LogP contribution in [0.4, 0.5) is 14.5 Å². The normalized spacial score (nSPS) is 11.1. The molecular formula is C18H20F2N4O. The Morgan fingerprint density at radius 2 is 1.92 bits per heavy atom. The highest BCUT2D eigenvalue weighted by molar-refractivity contribution is 5.94. The number of carbonyl (C=O) groups excluding carboxylic acids is 1. The number of anilines is 1. The summed E-state index contributed by atoms with van der Waals surface area (Å²) in [7, 11) is 1.58. The van der Waals surface area contributed by atoms with Crippen molar-refractivity contribution < 1.29 is 13.6 Å². The van der Waals surface area contributed by atoms with Gasteiger partial charge in [0.15, 0.2) is 5.96 Å². The number of guanidine groups is 1. The Morgan fingerprint density at radius 1 is 1.12 bits per heavy atom. The molecule has 2 rings (SSSR count). The molecule has 0 aliphatic carbocycles. The summed E-state index contributed by atoms with van der Waals surface area (Å²) in [6.07, 6.45) is 0. The maximum Gasteiger partial charge on any atom is 0.243 e. The van der Waals surface area contributed by atoms with Gasteiger partial charge in [-0.2, -0.15) is 0 Å². The average Bonchev–Trinajstić information content (AvgIpc) is 2.58. The van der Waals surface area contributed by atoms with Crippen LogP contribution in [0.2, 0.25) is 0 Å². The van der Waals surface area contributed by atoms with E-state index < -0.39 is 5.82 Å². The van der Waals surface area contributed by atoms with E-state index in [1.165, 1.54) is 24.3 Å². The van der Waals surface area contributed by atoms with Gasteiger partial charge in [0.25, 0.3) is 0 Å². The van der Waals surface area contributed by atoms with Crippen molar-refractivity contribution in [2.75, 3.05) is 18.9 Å². The highest BCUT2D eigenvalue weighted by Crippen LogP contribution is 2.09. The molecule has 0 heterocycles. The van der Waals surface area contributed by atoms with E-state index in [4.69, 9.17) is 0 Å². The van der Waals surface area contributed by atoms with Crippen molar-refractivity contribution in [2.24, 2.45) is 4.99 Å². The van der Waals surface area contributed by atoms with Crippen LogP contribution in [0.3, 0.4) is 0 Å². The number of rotatable bonds is 5. The van der Waals surface area contributed by atoms with Crippen LogP contribution in [0.15, 0.2) is 47.5 Å². The van der Waals surface area contributed by atoms with Crippen molar-refractivity contribution in [3.63, 3.8) is 0 Å². The first-order valence-corrected chi connectivity index (χ1v) is 7.73. The number of benzene rings is 2. The predicted octanol–water partition coefficient (Wildman–Crippen LogP) is 2.58. The van der Waals surface area contributed by atoms with Crippen LogP contribution in [0.1, 0.15) is 11.1 Å². The van der Waals surface area contributed by atoms with E-state index >= 15 is 0 Å². The zero-order valence-corrected chi connectivity index (χ0v) is 14.1. The molecule has 7 heteroatoms. The Balaban J connectivity index is 1.81. The Bertz CT molecular complexity index is 777. The van der Waals surface area contributed by atoms with E-state index in [0.717, 1.165) is 5.56 Å². The van der Waals surface area contributed by atoms with Crippen molar-refractivity contribution in [2.45, 2.75) is 13.5 Å². The van der Waals surface area contributed by atoms with E-state index in [1.807, 2.05) is 0 Å². The second-order valence-corrected chi connectivity index (χ2v) is 5.42. The Morgan fingerprint density at radius 3 is 2.60 bits per heavy atom. The number of aliphatic imine (C=N–C) groups is 1. The highest BCUT2D eigenvalue weighted by atomic mass is 19.1. The largest absolute Gasteiger partial charge is 0.352 e. The third kappa shape index (κ3) is 5.87. The van der Waals surface area contributed by atoms with Crippen LogP contribution >= 0.6 is 0 Å². The maximum absolute atomic E-state index is 13.3. The van der Waals surface area contributed by atoms with Crippen molar-refractivity contribution in [1.82, 2.24) is 10.6 Å². The lowest BCUT2D eigenvalue weighted by molar-refractivity contribution is -0.115. The zero-order valence-electron chi connectivity index (χ0n) is 14.1. The molecule has 2 aromatic carbocycles. The molecule has 0 fully saturated rings. The Kier molecular flexibility index (Phi) is 6.45. The van der Waals surface area contributed by atoms with Crippen molar-refractivity contribution in [1.29, 1.82) is 0 Å². The minimum Gasteiger partial charge on any atom is -0.352 e. The molecule has 5 nitrogen and oxygen atoms in total. The van der Waals surface area contributed by atoms with Crippen molar-refractivity contribution in [3.8, 4) is 0 Å². The lowest BCUT2D eigenvalue weighted by Crippen LogP contribution is -2.41. The first-order chi connectivity index (χ1) is 12.0. The lowest BCUT2D eigenvalue weighted by Gasteiger charge is -2.12. The minimum absolute atomic E-state index is 0.0291. The third-order valence-electron chi connectivity index (χ3n) is 3.43. The summed E-state index contributed by atoms with van der Waals surface area (Å²) in [6.45, 7) is 2.10. The maximum atomic E-state index is 13.3. The summed E-state index contributed by atoms with van der Waals surface area (Å²) in [5.74, 6) is -0.569. The zero-order chi connectivity index (χ0) is 18.2. The molecule has 0 aliphatic rings. The predicted molar refractivity (Wildman–Crippen MR) is 94.4 cm³/mol. The Labute approximate surface area is 145 Å². The number of nitrogens with zero attached hydrogens (tertiary/aromatic N) is 1. The van der Waals surface area contributed by atoms with Crippen LogP contribution < -0.4 is 16.0 Å². The smallest absolute Gasteiger partial charge is 0.243 e. The number of nitrogens with one attached hydrogen (secondary N) is 3. The van der Waals surface area contributed by atoms with Crippen molar-refractivity contribution >= 4 is 17.6 Å². The first kappa shape index (κ1) is 18.4. The molecular weight excluding hydrogens is 326 g/mol. The van der Waals surface area contributed by atoms with E-state index in [2.05, 4.69) is 20.9 Å². The molecule has 0 aromatic heterocycles. The first-order valence-electron chi connectivity index (χ1n) is 7.73. The molecule has 0 radical (unpaired) electrons. The fraction of sp³-hybridized carbons (Fsp3) is 0.222. The number of hydrogen-bond donors (Lipinski definition) is 3. The van der Waals surface area contributed by atoms with Gasteiger partial charge in [-0.05, 0) is 42.3 Å². The molecule has 2 aromatic rings. The molecule has 1 amide bonds. The van der Waals surface area contributed by atoms with E-state index in [1.54, 1.807) is 32.2 Å². The number of carbonyl (C=O) groups is 1. The summed E-state index contributed by atoms with van der Waals surface area (Å²) in [6, 6.07) is 10.5. The second-order valence-electron chi connectivity index (χ2n) is 5.42. The molecule has 0 saturated carbocycles. The van der Waals surface area contributed by atoms with Crippen molar-refractivity contribution in [3.05, 3.63) is 65.2 Å². The molecule has 0 spiro atoms. The van der Waals surface area contributed by atoms with Crippen LogP contribution in [-0.4, -0.2) is 25.5 Å². The molecule has 132 valence electrons. The van der Waals surface area contributed by atoms with Gasteiger partial charge in [0, 0.05) is 19.3 Å². The van der Waals surface area contributed by atoms with Gasteiger partial charge in [-0.25, -0.2) is 8.78 Å². The minimum atomic E-state index is -0.419. The quantitative estimate of drug-likeness (QED) is 0.576. The van der Waals surface area contributed by atoms with Gasteiger partial charge >= 0.3 is 0 Å². The number of hydrogen-bond acceptors (Lipinski definition) is 2. The number of aryl methyl sites for hydroxylation is 1. The molecule has 0 aliphatic heterocycles. The summed E-state index contributed by atoms with van der Waals surface area (Å²) >= 11 is 0. The molecule has 0 unspecified atom stereocenters. The van der Waals surface area contributed by atoms with E-state index in [0.29, 0.717) is 23.8 Å². The van der Waals surface area contributed by atoms with Gasteiger partial charge < -0.3 is 16.0 Å². The Hall–Kier alpha value is -2.96. The van der Waals surface area contributed by atoms with Gasteiger partial charge in [-0.15, -0.1) is 0 Å². The summed E-state index contributed by atoms with van der Waals surface area (Å²) in [4.78, 5) is 15.9. The number of halogens is 2.